The summed E-state index contributed by atoms with van der Waals surface area (Å²) >= 11 is 0. The molecule has 5 nitrogen and oxygen atoms in total. The van der Waals surface area contributed by atoms with Crippen LogP contribution in [0.5, 0.6) is 0 Å². The van der Waals surface area contributed by atoms with E-state index < -0.39 is 0 Å². The number of benzene rings is 1. The van der Waals surface area contributed by atoms with Crippen molar-refractivity contribution in [1.82, 2.24) is 0 Å². The third-order valence-electron chi connectivity index (χ3n) is 1.77. The Morgan fingerprint density at radius 1 is 1.07 bits per heavy atom. The van der Waals surface area contributed by atoms with Crippen LogP contribution in [0.15, 0.2) is 24.3 Å². The summed E-state index contributed by atoms with van der Waals surface area (Å²) in [5, 5.41) is 14.5. The Balaban J connectivity index is 3.06. The van der Waals surface area contributed by atoms with Crippen molar-refractivity contribution in [2.75, 3.05) is 4.90 Å². The Hall–Kier alpha value is -2.04. The summed E-state index contributed by atoms with van der Waals surface area (Å²) in [6.07, 6.45) is 0. The first-order valence-electron chi connectivity index (χ1n) is 4.07. The highest BCUT2D eigenvalue weighted by Crippen LogP contribution is 2.13. The Morgan fingerprint density at radius 2 is 1.50 bits per heavy atom. The van der Waals surface area contributed by atoms with E-state index in [-0.39, 0.29) is 11.9 Å². The van der Waals surface area contributed by atoms with Crippen molar-refractivity contribution >= 4 is 17.6 Å². The molecule has 0 saturated heterocycles. The molecule has 14 heavy (non-hydrogen) atoms. The average molecular weight is 191 g/mol. The van der Waals surface area contributed by atoms with E-state index in [0.717, 1.165) is 10.5 Å². The first-order chi connectivity index (χ1) is 6.52. The maximum atomic E-state index is 7.26. The van der Waals surface area contributed by atoms with Crippen LogP contribution in [0.25, 0.3) is 0 Å². The molecule has 0 aliphatic carbocycles. The number of guanidine groups is 2. The Kier molecular flexibility index (Phi) is 2.71. The molecule has 0 saturated carbocycles. The van der Waals surface area contributed by atoms with Crippen LogP contribution in [0.2, 0.25) is 0 Å². The molecular weight excluding hydrogens is 178 g/mol. The average Bonchev–Trinajstić information content (AvgIpc) is 2.07. The summed E-state index contributed by atoms with van der Waals surface area (Å²) in [5.41, 5.74) is 12.3. The van der Waals surface area contributed by atoms with E-state index >= 15 is 0 Å². The number of hydrogen-bond donors (Lipinski definition) is 4. The van der Waals surface area contributed by atoms with Gasteiger partial charge in [0.05, 0.1) is 5.69 Å². The van der Waals surface area contributed by atoms with Gasteiger partial charge in [-0.25, -0.2) is 0 Å². The van der Waals surface area contributed by atoms with Crippen molar-refractivity contribution in [3.63, 3.8) is 0 Å². The van der Waals surface area contributed by atoms with Crippen molar-refractivity contribution in [2.45, 2.75) is 6.92 Å². The molecule has 0 aliphatic heterocycles. The molecule has 0 unspecified atom stereocenters. The SMILES string of the molecule is Cc1ccc(N(C(=N)N)C(=N)N)cc1. The lowest BCUT2D eigenvalue weighted by molar-refractivity contribution is 1.23. The van der Waals surface area contributed by atoms with Gasteiger partial charge >= 0.3 is 0 Å². The molecule has 0 heterocycles. The van der Waals surface area contributed by atoms with Crippen LogP contribution in [0, 0.1) is 17.7 Å². The lowest BCUT2D eigenvalue weighted by Crippen LogP contribution is -2.45. The van der Waals surface area contributed by atoms with Gasteiger partial charge in [-0.1, -0.05) is 17.7 Å². The van der Waals surface area contributed by atoms with E-state index in [1.165, 1.54) is 0 Å². The predicted molar refractivity (Wildman–Crippen MR) is 57.5 cm³/mol. The van der Waals surface area contributed by atoms with Crippen LogP contribution >= 0.6 is 0 Å². The highest BCUT2D eigenvalue weighted by atomic mass is 15.3. The fraction of sp³-hybridized carbons (Fsp3) is 0.111. The van der Waals surface area contributed by atoms with Gasteiger partial charge in [-0.2, -0.15) is 0 Å². The third-order valence-corrected chi connectivity index (χ3v) is 1.77. The molecule has 0 bridgehead atoms. The van der Waals surface area contributed by atoms with Gasteiger partial charge in [0, 0.05) is 0 Å². The highest BCUT2D eigenvalue weighted by molar-refractivity contribution is 6.14. The van der Waals surface area contributed by atoms with Gasteiger partial charge < -0.3 is 11.5 Å². The van der Waals surface area contributed by atoms with Gasteiger partial charge in [0.1, 0.15) is 0 Å². The van der Waals surface area contributed by atoms with Crippen molar-refractivity contribution < 1.29 is 0 Å². The van der Waals surface area contributed by atoms with E-state index in [1.807, 2.05) is 19.1 Å². The maximum absolute atomic E-state index is 7.26. The van der Waals surface area contributed by atoms with Gasteiger partial charge in [0.25, 0.3) is 0 Å². The van der Waals surface area contributed by atoms with Crippen molar-refractivity contribution in [2.24, 2.45) is 11.5 Å². The largest absolute Gasteiger partial charge is 0.369 e. The van der Waals surface area contributed by atoms with E-state index in [1.54, 1.807) is 12.1 Å². The first-order valence-corrected chi connectivity index (χ1v) is 4.07. The molecular formula is C9H13N5. The quantitative estimate of drug-likeness (QED) is 0.385. The van der Waals surface area contributed by atoms with Crippen LogP contribution in [0.1, 0.15) is 5.56 Å². The molecule has 0 radical (unpaired) electrons. The van der Waals surface area contributed by atoms with Gasteiger partial charge in [0.2, 0.25) is 0 Å². The molecule has 5 heteroatoms. The summed E-state index contributed by atoms with van der Waals surface area (Å²) in [5.74, 6) is -0.525. The first kappa shape index (κ1) is 10.0. The van der Waals surface area contributed by atoms with Crippen molar-refractivity contribution in [3.8, 4) is 0 Å². The molecule has 6 N–H and O–H groups in total. The van der Waals surface area contributed by atoms with Gasteiger partial charge in [-0.15, -0.1) is 0 Å². The summed E-state index contributed by atoms with van der Waals surface area (Å²) in [7, 11) is 0. The lowest BCUT2D eigenvalue weighted by Gasteiger charge is -2.20. The molecule has 74 valence electrons. The monoisotopic (exact) mass is 191 g/mol. The van der Waals surface area contributed by atoms with Crippen LogP contribution < -0.4 is 16.4 Å². The number of aryl methyl sites for hydroxylation is 1. The number of hydrogen-bond acceptors (Lipinski definition) is 2. The van der Waals surface area contributed by atoms with Crippen molar-refractivity contribution in [1.29, 1.82) is 10.8 Å². The summed E-state index contributed by atoms with van der Waals surface area (Å²) in [4.78, 5) is 1.15. The second kappa shape index (κ2) is 3.78. The Bertz CT molecular complexity index is 340. The lowest BCUT2D eigenvalue weighted by atomic mass is 10.2. The van der Waals surface area contributed by atoms with E-state index in [9.17, 15) is 0 Å². The number of anilines is 1. The fourth-order valence-corrected chi connectivity index (χ4v) is 1.10. The maximum Gasteiger partial charge on any atom is 0.200 e. The molecule has 0 fully saturated rings. The summed E-state index contributed by atoms with van der Waals surface area (Å²) in [6, 6.07) is 7.26. The minimum Gasteiger partial charge on any atom is -0.369 e. The molecule has 0 aromatic heterocycles. The molecule has 1 aromatic carbocycles. The molecule has 0 amide bonds. The number of nitrogens with one attached hydrogen (secondary N) is 2. The smallest absolute Gasteiger partial charge is 0.200 e. The summed E-state index contributed by atoms with van der Waals surface area (Å²) in [6.45, 7) is 1.95. The van der Waals surface area contributed by atoms with Crippen molar-refractivity contribution in [3.05, 3.63) is 29.8 Å². The fourth-order valence-electron chi connectivity index (χ4n) is 1.10. The topological polar surface area (TPSA) is 103 Å². The molecule has 1 rings (SSSR count). The van der Waals surface area contributed by atoms with Gasteiger partial charge in [0.15, 0.2) is 11.9 Å². The minimum absolute atomic E-state index is 0.263. The second-order valence-corrected chi connectivity index (χ2v) is 2.94. The summed E-state index contributed by atoms with van der Waals surface area (Å²) < 4.78 is 0. The molecule has 0 spiro atoms. The second-order valence-electron chi connectivity index (χ2n) is 2.94. The van der Waals surface area contributed by atoms with E-state index in [4.69, 9.17) is 22.3 Å². The molecule has 0 atom stereocenters. The van der Waals surface area contributed by atoms with Gasteiger partial charge in [-0.3, -0.25) is 15.7 Å². The number of nitrogens with two attached hydrogens (primary N) is 2. The van der Waals surface area contributed by atoms with E-state index in [0.29, 0.717) is 5.69 Å². The van der Waals surface area contributed by atoms with Crippen LogP contribution in [-0.4, -0.2) is 11.9 Å². The van der Waals surface area contributed by atoms with E-state index in [2.05, 4.69) is 0 Å². The highest BCUT2D eigenvalue weighted by Gasteiger charge is 2.11. The molecule has 0 aliphatic rings. The molecule has 1 aromatic rings. The number of rotatable bonds is 1. The standard InChI is InChI=1S/C9H13N5/c1-6-2-4-7(5-3-6)14(8(10)11)9(12)13/h2-5H,1H3,(H3,10,11)(H3,12,13). The zero-order chi connectivity index (χ0) is 10.7. The zero-order valence-corrected chi connectivity index (χ0v) is 7.91. The van der Waals surface area contributed by atoms with Crippen LogP contribution in [0.4, 0.5) is 5.69 Å². The van der Waals surface area contributed by atoms with Gasteiger partial charge in [-0.05, 0) is 19.1 Å². The Morgan fingerprint density at radius 3 is 1.86 bits per heavy atom. The zero-order valence-electron chi connectivity index (χ0n) is 7.91. The van der Waals surface area contributed by atoms with Crippen LogP contribution in [-0.2, 0) is 0 Å². The Labute approximate surface area is 82.3 Å². The normalized spacial score (nSPS) is 9.50. The predicted octanol–water partition coefficient (Wildman–Crippen LogP) is 0.588. The third kappa shape index (κ3) is 2.01. The van der Waals surface area contributed by atoms with Crippen LogP contribution in [0.3, 0.4) is 0 Å². The number of nitrogens with zero attached hydrogens (tertiary/aromatic N) is 1. The minimum atomic E-state index is -0.263.